The number of rotatable bonds is 1. The maximum atomic E-state index is 10.9. The molecular weight excluding hydrogens is 214 g/mol. The van der Waals surface area contributed by atoms with Crippen LogP contribution in [-0.4, -0.2) is 9.97 Å². The maximum Gasteiger partial charge on any atom is 0.346 e. The normalized spacial score (nSPS) is 10.2. The lowest BCUT2D eigenvalue weighted by molar-refractivity contribution is 1.09. The van der Waals surface area contributed by atoms with Crippen LogP contribution in [0.15, 0.2) is 35.3 Å². The van der Waals surface area contributed by atoms with Gasteiger partial charge in [0.2, 0.25) is 0 Å². The molecule has 2 rings (SSSR count). The van der Waals surface area contributed by atoms with E-state index in [4.69, 9.17) is 17.3 Å². The second-order valence-electron chi connectivity index (χ2n) is 3.01. The van der Waals surface area contributed by atoms with Crippen LogP contribution in [0.5, 0.6) is 0 Å². The maximum absolute atomic E-state index is 10.9. The van der Waals surface area contributed by atoms with E-state index in [1.54, 1.807) is 12.1 Å². The van der Waals surface area contributed by atoms with Crippen LogP contribution in [0.1, 0.15) is 0 Å². The molecule has 0 aliphatic rings. The van der Waals surface area contributed by atoms with Crippen LogP contribution in [0.4, 0.5) is 5.82 Å². The fourth-order valence-electron chi connectivity index (χ4n) is 1.30. The fourth-order valence-corrected chi connectivity index (χ4v) is 1.49. The molecule has 1 aromatic carbocycles. The summed E-state index contributed by atoms with van der Waals surface area (Å²) < 4.78 is 0. The molecule has 0 atom stereocenters. The van der Waals surface area contributed by atoms with E-state index in [9.17, 15) is 4.79 Å². The van der Waals surface area contributed by atoms with Gasteiger partial charge in [0.1, 0.15) is 5.82 Å². The number of nitrogens with two attached hydrogens (primary N) is 1. The van der Waals surface area contributed by atoms with Crippen molar-refractivity contribution in [3.05, 3.63) is 46.0 Å². The summed E-state index contributed by atoms with van der Waals surface area (Å²) >= 11 is 5.85. The average molecular weight is 222 g/mol. The molecule has 0 unspecified atom stereocenters. The van der Waals surface area contributed by atoms with Crippen LogP contribution in [0.2, 0.25) is 5.02 Å². The first-order chi connectivity index (χ1) is 7.16. The molecular formula is C10H8ClN3O. The van der Waals surface area contributed by atoms with Crippen molar-refractivity contribution in [2.24, 2.45) is 0 Å². The van der Waals surface area contributed by atoms with Gasteiger partial charge in [-0.05, 0) is 17.7 Å². The third kappa shape index (κ3) is 1.99. The largest absolute Gasteiger partial charge is 0.383 e. The zero-order valence-electron chi connectivity index (χ0n) is 7.70. The molecule has 0 saturated carbocycles. The first-order valence-electron chi connectivity index (χ1n) is 4.28. The van der Waals surface area contributed by atoms with Crippen molar-refractivity contribution >= 4 is 17.4 Å². The van der Waals surface area contributed by atoms with Crippen LogP contribution < -0.4 is 11.4 Å². The summed E-state index contributed by atoms with van der Waals surface area (Å²) in [6, 6.07) is 7.17. The summed E-state index contributed by atoms with van der Waals surface area (Å²) in [6.45, 7) is 0. The molecule has 0 amide bonds. The molecule has 0 spiro atoms. The van der Waals surface area contributed by atoms with Crippen molar-refractivity contribution in [3.63, 3.8) is 0 Å². The van der Waals surface area contributed by atoms with E-state index < -0.39 is 5.69 Å². The Bertz CT molecular complexity index is 550. The van der Waals surface area contributed by atoms with Crippen LogP contribution in [0, 0.1) is 0 Å². The second kappa shape index (κ2) is 3.74. The Hall–Kier alpha value is -1.81. The Morgan fingerprint density at radius 3 is 2.87 bits per heavy atom. The molecule has 2 aromatic rings. The lowest BCUT2D eigenvalue weighted by Gasteiger charge is -2.03. The number of hydrogen-bond donors (Lipinski definition) is 2. The van der Waals surface area contributed by atoms with Crippen LogP contribution in [-0.2, 0) is 0 Å². The molecule has 0 bridgehead atoms. The van der Waals surface area contributed by atoms with Gasteiger partial charge in [-0.15, -0.1) is 0 Å². The Labute approximate surface area is 90.7 Å². The van der Waals surface area contributed by atoms with E-state index >= 15 is 0 Å². The van der Waals surface area contributed by atoms with Crippen molar-refractivity contribution in [1.82, 2.24) is 9.97 Å². The van der Waals surface area contributed by atoms with Gasteiger partial charge < -0.3 is 10.7 Å². The molecule has 3 N–H and O–H groups in total. The highest BCUT2D eigenvalue weighted by molar-refractivity contribution is 6.30. The number of aromatic amines is 1. The minimum atomic E-state index is -0.460. The summed E-state index contributed by atoms with van der Waals surface area (Å²) in [7, 11) is 0. The fraction of sp³-hybridized carbons (Fsp3) is 0. The Morgan fingerprint density at radius 1 is 1.40 bits per heavy atom. The first-order valence-corrected chi connectivity index (χ1v) is 4.66. The van der Waals surface area contributed by atoms with Gasteiger partial charge in [0, 0.05) is 16.8 Å². The first kappa shape index (κ1) is 9.73. The third-order valence-electron chi connectivity index (χ3n) is 1.97. The topological polar surface area (TPSA) is 71.8 Å². The quantitative estimate of drug-likeness (QED) is 0.770. The minimum absolute atomic E-state index is 0.195. The predicted octanol–water partition coefficient (Wildman–Crippen LogP) is 1.67. The van der Waals surface area contributed by atoms with Gasteiger partial charge in [-0.25, -0.2) is 4.79 Å². The number of H-pyrrole nitrogens is 1. The number of anilines is 1. The smallest absolute Gasteiger partial charge is 0.346 e. The summed E-state index contributed by atoms with van der Waals surface area (Å²) in [4.78, 5) is 16.9. The van der Waals surface area contributed by atoms with Gasteiger partial charge in [-0.2, -0.15) is 4.98 Å². The van der Waals surface area contributed by atoms with E-state index in [1.807, 2.05) is 12.1 Å². The van der Waals surface area contributed by atoms with Crippen molar-refractivity contribution in [2.45, 2.75) is 0 Å². The van der Waals surface area contributed by atoms with Gasteiger partial charge in [-0.3, -0.25) is 0 Å². The summed E-state index contributed by atoms with van der Waals surface area (Å²) in [5.74, 6) is 0.195. The third-order valence-corrected chi connectivity index (χ3v) is 2.21. The number of nitrogen functional groups attached to an aromatic ring is 1. The zero-order chi connectivity index (χ0) is 10.8. The predicted molar refractivity (Wildman–Crippen MR) is 59.7 cm³/mol. The lowest BCUT2D eigenvalue weighted by Crippen LogP contribution is -2.12. The van der Waals surface area contributed by atoms with E-state index in [-0.39, 0.29) is 5.82 Å². The van der Waals surface area contributed by atoms with Gasteiger partial charge >= 0.3 is 5.69 Å². The number of nitrogens with zero attached hydrogens (tertiary/aromatic N) is 1. The van der Waals surface area contributed by atoms with Gasteiger partial charge in [-0.1, -0.05) is 23.7 Å². The number of hydrogen-bond acceptors (Lipinski definition) is 3. The molecule has 0 saturated heterocycles. The van der Waals surface area contributed by atoms with Crippen molar-refractivity contribution in [3.8, 4) is 11.1 Å². The molecule has 0 radical (unpaired) electrons. The average Bonchev–Trinajstić information content (AvgIpc) is 2.17. The Kier molecular flexibility index (Phi) is 2.43. The molecule has 1 heterocycles. The highest BCUT2D eigenvalue weighted by atomic mass is 35.5. The summed E-state index contributed by atoms with van der Waals surface area (Å²) in [5.41, 5.74) is 6.66. The van der Waals surface area contributed by atoms with E-state index in [2.05, 4.69) is 9.97 Å². The minimum Gasteiger partial charge on any atom is -0.383 e. The van der Waals surface area contributed by atoms with Crippen molar-refractivity contribution in [1.29, 1.82) is 0 Å². The van der Waals surface area contributed by atoms with Crippen LogP contribution in [0.25, 0.3) is 11.1 Å². The molecule has 0 aliphatic carbocycles. The zero-order valence-corrected chi connectivity index (χ0v) is 8.45. The molecule has 76 valence electrons. The van der Waals surface area contributed by atoms with E-state index in [0.717, 1.165) is 5.56 Å². The number of benzene rings is 1. The van der Waals surface area contributed by atoms with Crippen LogP contribution >= 0.6 is 11.6 Å². The van der Waals surface area contributed by atoms with Crippen LogP contribution in [0.3, 0.4) is 0 Å². The van der Waals surface area contributed by atoms with E-state index in [1.165, 1.54) is 6.20 Å². The highest BCUT2D eigenvalue weighted by Crippen LogP contribution is 2.24. The summed E-state index contributed by atoms with van der Waals surface area (Å²) in [6.07, 6.45) is 1.52. The Morgan fingerprint density at radius 2 is 2.20 bits per heavy atom. The van der Waals surface area contributed by atoms with Gasteiger partial charge in [0.05, 0.1) is 0 Å². The monoisotopic (exact) mass is 221 g/mol. The number of nitrogens with one attached hydrogen (secondary N) is 1. The molecule has 4 nitrogen and oxygen atoms in total. The molecule has 15 heavy (non-hydrogen) atoms. The van der Waals surface area contributed by atoms with Crippen molar-refractivity contribution in [2.75, 3.05) is 5.73 Å². The number of aromatic nitrogens is 2. The lowest BCUT2D eigenvalue weighted by atomic mass is 10.1. The number of halogens is 1. The van der Waals surface area contributed by atoms with Gasteiger partial charge in [0.25, 0.3) is 0 Å². The summed E-state index contributed by atoms with van der Waals surface area (Å²) in [5, 5.41) is 0.609. The standard InChI is InChI=1S/C10H8ClN3O/c11-7-3-1-2-6(4-7)8-5-13-10(15)14-9(8)12/h1-5H,(H3,12,13,14,15). The molecule has 1 aromatic heterocycles. The SMILES string of the molecule is Nc1nc(=O)[nH]cc1-c1cccc(Cl)c1. The second-order valence-corrected chi connectivity index (χ2v) is 3.45. The van der Waals surface area contributed by atoms with Gasteiger partial charge in [0.15, 0.2) is 0 Å². The van der Waals surface area contributed by atoms with E-state index in [0.29, 0.717) is 10.6 Å². The molecule has 5 heteroatoms. The highest BCUT2D eigenvalue weighted by Gasteiger charge is 2.04. The molecule has 0 fully saturated rings. The Balaban J connectivity index is 2.59. The molecule has 0 aliphatic heterocycles. The van der Waals surface area contributed by atoms with Crippen molar-refractivity contribution < 1.29 is 0 Å².